The Kier molecular flexibility index (Phi) is 1.44. The molecule has 0 fully saturated rings. The van der Waals surface area contributed by atoms with Crippen LogP contribution in [0.25, 0.3) is 10.2 Å². The summed E-state index contributed by atoms with van der Waals surface area (Å²) >= 11 is 1.40. The molecule has 0 aliphatic rings. The number of rotatable bonds is 0. The van der Waals surface area contributed by atoms with Gasteiger partial charge in [0.05, 0.1) is 4.70 Å². The average molecular weight is 180 g/mol. The van der Waals surface area contributed by atoms with E-state index in [1.807, 2.05) is 13.0 Å². The van der Waals surface area contributed by atoms with Gasteiger partial charge in [0, 0.05) is 0 Å². The number of fused-ring (bicyclic) bond motifs is 1. The molecule has 1 aromatic heterocycles. The smallest absolute Gasteiger partial charge is 0.181 e. The van der Waals surface area contributed by atoms with Crippen molar-refractivity contribution < 1.29 is 5.11 Å². The van der Waals surface area contributed by atoms with Crippen molar-refractivity contribution in [2.75, 3.05) is 5.73 Å². The van der Waals surface area contributed by atoms with E-state index in [4.69, 9.17) is 5.73 Å². The normalized spacial score (nSPS) is 10.8. The number of aromatic nitrogens is 1. The van der Waals surface area contributed by atoms with E-state index in [9.17, 15) is 5.11 Å². The second kappa shape index (κ2) is 2.35. The minimum absolute atomic E-state index is 0.198. The summed E-state index contributed by atoms with van der Waals surface area (Å²) in [6.45, 7) is 1.97. The molecule has 0 aliphatic heterocycles. The molecule has 2 rings (SSSR count). The number of hydrogen-bond acceptors (Lipinski definition) is 4. The fourth-order valence-corrected chi connectivity index (χ4v) is 1.96. The van der Waals surface area contributed by atoms with Gasteiger partial charge in [0.2, 0.25) is 0 Å². The van der Waals surface area contributed by atoms with Crippen LogP contribution >= 0.6 is 11.3 Å². The lowest BCUT2D eigenvalue weighted by atomic mass is 10.2. The fourth-order valence-electron chi connectivity index (χ4n) is 1.14. The first-order chi connectivity index (χ1) is 5.68. The van der Waals surface area contributed by atoms with E-state index in [1.165, 1.54) is 11.3 Å². The van der Waals surface area contributed by atoms with Gasteiger partial charge >= 0.3 is 0 Å². The highest BCUT2D eigenvalue weighted by Gasteiger charge is 2.07. The molecular weight excluding hydrogens is 172 g/mol. The molecule has 12 heavy (non-hydrogen) atoms. The van der Waals surface area contributed by atoms with Crippen LogP contribution in [0.2, 0.25) is 0 Å². The maximum absolute atomic E-state index is 9.40. The maximum atomic E-state index is 9.40. The summed E-state index contributed by atoms with van der Waals surface area (Å²) in [5, 5.41) is 9.89. The van der Waals surface area contributed by atoms with Crippen LogP contribution in [0.15, 0.2) is 12.1 Å². The number of nitrogens with two attached hydrogens (primary N) is 1. The van der Waals surface area contributed by atoms with Crippen LogP contribution in [-0.4, -0.2) is 10.1 Å². The van der Waals surface area contributed by atoms with Gasteiger partial charge in [0.1, 0.15) is 11.3 Å². The number of anilines is 1. The van der Waals surface area contributed by atoms with Crippen LogP contribution in [0.3, 0.4) is 0 Å². The lowest BCUT2D eigenvalue weighted by molar-refractivity contribution is 0.480. The number of nitrogens with zero attached hydrogens (tertiary/aromatic N) is 1. The Hall–Kier alpha value is -1.29. The first-order valence-corrected chi connectivity index (χ1v) is 4.34. The Morgan fingerprint density at radius 1 is 1.50 bits per heavy atom. The van der Waals surface area contributed by atoms with Crippen LogP contribution in [-0.2, 0) is 0 Å². The standard InChI is InChI=1S/C8H8N2OS/c1-4-2-3-5(11)6-7(4)12-8(9)10-6/h2-3,11H,1H3,(H2,9,10). The molecule has 3 N–H and O–H groups in total. The second-order valence-electron chi connectivity index (χ2n) is 2.63. The fraction of sp³-hybridized carbons (Fsp3) is 0.125. The molecule has 0 amide bonds. The Morgan fingerprint density at radius 2 is 2.25 bits per heavy atom. The van der Waals surface area contributed by atoms with Crippen molar-refractivity contribution in [1.82, 2.24) is 4.98 Å². The molecular formula is C8H8N2OS. The van der Waals surface area contributed by atoms with Gasteiger partial charge < -0.3 is 10.8 Å². The number of phenolic OH excluding ortho intramolecular Hbond substituents is 1. The number of hydrogen-bond donors (Lipinski definition) is 2. The lowest BCUT2D eigenvalue weighted by Crippen LogP contribution is -1.79. The van der Waals surface area contributed by atoms with Gasteiger partial charge in [-0.2, -0.15) is 0 Å². The zero-order valence-corrected chi connectivity index (χ0v) is 7.35. The quantitative estimate of drug-likeness (QED) is 0.651. The summed E-state index contributed by atoms with van der Waals surface area (Å²) in [5.74, 6) is 0.198. The van der Waals surface area contributed by atoms with Crippen molar-refractivity contribution >= 4 is 26.7 Å². The number of benzene rings is 1. The molecule has 4 heteroatoms. The molecule has 2 aromatic rings. The SMILES string of the molecule is Cc1ccc(O)c2nc(N)sc12. The van der Waals surface area contributed by atoms with Crippen LogP contribution in [0.4, 0.5) is 5.13 Å². The van der Waals surface area contributed by atoms with E-state index in [-0.39, 0.29) is 5.75 Å². The van der Waals surface area contributed by atoms with Gasteiger partial charge in [0.15, 0.2) is 5.13 Å². The molecule has 0 saturated heterocycles. The molecule has 0 radical (unpaired) electrons. The second-order valence-corrected chi connectivity index (χ2v) is 3.66. The number of aromatic hydroxyl groups is 1. The van der Waals surface area contributed by atoms with Crippen molar-refractivity contribution in [3.63, 3.8) is 0 Å². The van der Waals surface area contributed by atoms with E-state index >= 15 is 0 Å². The van der Waals surface area contributed by atoms with Crippen LogP contribution in [0, 0.1) is 6.92 Å². The molecule has 1 aromatic carbocycles. The predicted octanol–water partition coefficient (Wildman–Crippen LogP) is 1.89. The van der Waals surface area contributed by atoms with E-state index in [0.717, 1.165) is 10.3 Å². The van der Waals surface area contributed by atoms with Gasteiger partial charge in [-0.05, 0) is 18.6 Å². The van der Waals surface area contributed by atoms with Crippen molar-refractivity contribution in [1.29, 1.82) is 0 Å². The van der Waals surface area contributed by atoms with Crippen molar-refractivity contribution in [2.24, 2.45) is 0 Å². The third-order valence-corrected chi connectivity index (χ3v) is 2.76. The first-order valence-electron chi connectivity index (χ1n) is 3.53. The third-order valence-electron chi connectivity index (χ3n) is 1.74. The lowest BCUT2D eigenvalue weighted by Gasteiger charge is -1.95. The molecule has 3 nitrogen and oxygen atoms in total. The molecule has 1 heterocycles. The molecule has 0 bridgehead atoms. The summed E-state index contributed by atoms with van der Waals surface area (Å²) in [6.07, 6.45) is 0. The van der Waals surface area contributed by atoms with Gasteiger partial charge in [-0.15, -0.1) is 0 Å². The number of phenols is 1. The highest BCUT2D eigenvalue weighted by atomic mass is 32.1. The Morgan fingerprint density at radius 3 is 2.92 bits per heavy atom. The highest BCUT2D eigenvalue weighted by Crippen LogP contribution is 2.32. The molecule has 0 unspecified atom stereocenters. The minimum Gasteiger partial charge on any atom is -0.506 e. The monoisotopic (exact) mass is 180 g/mol. The average Bonchev–Trinajstić information content (AvgIpc) is 2.41. The van der Waals surface area contributed by atoms with Crippen molar-refractivity contribution in [3.05, 3.63) is 17.7 Å². The Balaban J connectivity index is 2.93. The number of aryl methyl sites for hydroxylation is 1. The van der Waals surface area contributed by atoms with E-state index < -0.39 is 0 Å². The topological polar surface area (TPSA) is 59.1 Å². The summed E-state index contributed by atoms with van der Waals surface area (Å²) in [5.41, 5.74) is 7.23. The van der Waals surface area contributed by atoms with Crippen LogP contribution in [0.5, 0.6) is 5.75 Å². The molecule has 0 saturated carbocycles. The van der Waals surface area contributed by atoms with Crippen molar-refractivity contribution in [3.8, 4) is 5.75 Å². The van der Waals surface area contributed by atoms with Gasteiger partial charge in [-0.3, -0.25) is 0 Å². The molecule has 62 valence electrons. The molecule has 0 atom stereocenters. The largest absolute Gasteiger partial charge is 0.506 e. The van der Waals surface area contributed by atoms with Crippen LogP contribution in [0.1, 0.15) is 5.56 Å². The van der Waals surface area contributed by atoms with Gasteiger partial charge in [-0.1, -0.05) is 17.4 Å². The Bertz CT molecular complexity index is 397. The molecule has 0 aliphatic carbocycles. The van der Waals surface area contributed by atoms with E-state index in [1.54, 1.807) is 6.07 Å². The first kappa shape index (κ1) is 7.36. The zero-order chi connectivity index (χ0) is 8.72. The maximum Gasteiger partial charge on any atom is 0.181 e. The van der Waals surface area contributed by atoms with Crippen LogP contribution < -0.4 is 5.73 Å². The zero-order valence-electron chi connectivity index (χ0n) is 6.53. The number of nitrogen functional groups attached to an aromatic ring is 1. The minimum atomic E-state index is 0.198. The van der Waals surface area contributed by atoms with Gasteiger partial charge in [0.25, 0.3) is 0 Å². The summed E-state index contributed by atoms with van der Waals surface area (Å²) in [6, 6.07) is 3.49. The Labute approximate surface area is 73.5 Å². The van der Waals surface area contributed by atoms with E-state index in [2.05, 4.69) is 4.98 Å². The van der Waals surface area contributed by atoms with Crippen molar-refractivity contribution in [2.45, 2.75) is 6.92 Å². The van der Waals surface area contributed by atoms with E-state index in [0.29, 0.717) is 10.6 Å². The summed E-state index contributed by atoms with van der Waals surface area (Å²) < 4.78 is 0.965. The summed E-state index contributed by atoms with van der Waals surface area (Å²) in [4.78, 5) is 4.02. The highest BCUT2D eigenvalue weighted by molar-refractivity contribution is 7.22. The molecule has 0 spiro atoms. The predicted molar refractivity (Wildman–Crippen MR) is 50.4 cm³/mol. The summed E-state index contributed by atoms with van der Waals surface area (Å²) in [7, 11) is 0. The third kappa shape index (κ3) is 0.921. The number of thiazole rings is 1. The van der Waals surface area contributed by atoms with Gasteiger partial charge in [-0.25, -0.2) is 4.98 Å².